The number of hydrogen-bond donors (Lipinski definition) is 1. The van der Waals surface area contributed by atoms with E-state index in [0.717, 1.165) is 30.1 Å². The molecule has 5 rings (SSSR count). The highest BCUT2D eigenvalue weighted by molar-refractivity contribution is 5.88. The van der Waals surface area contributed by atoms with Crippen LogP contribution in [0.15, 0.2) is 43.0 Å². The molecule has 4 aromatic heterocycles. The van der Waals surface area contributed by atoms with Crippen LogP contribution in [0.2, 0.25) is 0 Å². The van der Waals surface area contributed by atoms with E-state index in [4.69, 9.17) is 14.7 Å². The van der Waals surface area contributed by atoms with Crippen LogP contribution in [0.25, 0.3) is 11.2 Å². The van der Waals surface area contributed by atoms with Crippen LogP contribution in [0.5, 0.6) is 11.6 Å². The molecule has 172 valence electrons. The second kappa shape index (κ2) is 8.96. The first kappa shape index (κ1) is 21.6. The Morgan fingerprint density at radius 2 is 2.09 bits per heavy atom. The monoisotopic (exact) mass is 456 g/mol. The van der Waals surface area contributed by atoms with E-state index in [0.29, 0.717) is 47.0 Å². The summed E-state index contributed by atoms with van der Waals surface area (Å²) in [5, 5.41) is 12.4. The smallest absolute Gasteiger partial charge is 0.223 e. The van der Waals surface area contributed by atoms with E-state index >= 15 is 0 Å². The quantitative estimate of drug-likeness (QED) is 0.480. The molecule has 10 heteroatoms. The van der Waals surface area contributed by atoms with Crippen LogP contribution in [0.4, 0.5) is 17.2 Å². The molecule has 1 atom stereocenters. The molecule has 4 aromatic rings. The Balaban J connectivity index is 1.43. The van der Waals surface area contributed by atoms with Gasteiger partial charge in [-0.25, -0.2) is 15.0 Å². The van der Waals surface area contributed by atoms with E-state index in [9.17, 15) is 0 Å². The highest BCUT2D eigenvalue weighted by atomic mass is 16.5. The summed E-state index contributed by atoms with van der Waals surface area (Å²) in [6.45, 7) is 6.29. The maximum absolute atomic E-state index is 9.05. The number of morpholine rings is 1. The Morgan fingerprint density at radius 3 is 2.82 bits per heavy atom. The summed E-state index contributed by atoms with van der Waals surface area (Å²) >= 11 is 0. The van der Waals surface area contributed by atoms with Gasteiger partial charge in [0.2, 0.25) is 5.88 Å². The number of aryl methyl sites for hydroxylation is 2. The van der Waals surface area contributed by atoms with Crippen molar-refractivity contribution in [3.8, 4) is 17.7 Å². The molecule has 1 aliphatic rings. The number of nitriles is 1. The second-order valence-electron chi connectivity index (χ2n) is 8.23. The molecule has 0 amide bonds. The van der Waals surface area contributed by atoms with E-state index in [1.807, 2.05) is 36.9 Å². The Kier molecular flexibility index (Phi) is 5.69. The molecule has 1 aliphatic heterocycles. The third kappa shape index (κ3) is 4.21. The number of imidazole rings is 1. The van der Waals surface area contributed by atoms with Crippen molar-refractivity contribution in [2.24, 2.45) is 7.05 Å². The molecule has 10 nitrogen and oxygen atoms in total. The van der Waals surface area contributed by atoms with Crippen LogP contribution < -0.4 is 15.0 Å². The number of pyridine rings is 3. The predicted molar refractivity (Wildman–Crippen MR) is 127 cm³/mol. The van der Waals surface area contributed by atoms with Crippen molar-refractivity contribution in [2.75, 3.05) is 30.0 Å². The summed E-state index contributed by atoms with van der Waals surface area (Å²) in [6, 6.07) is 9.80. The maximum Gasteiger partial charge on any atom is 0.223 e. The van der Waals surface area contributed by atoms with Crippen molar-refractivity contribution in [3.63, 3.8) is 0 Å². The van der Waals surface area contributed by atoms with Gasteiger partial charge in [0, 0.05) is 25.7 Å². The van der Waals surface area contributed by atoms with Crippen LogP contribution in [-0.2, 0) is 11.8 Å². The van der Waals surface area contributed by atoms with Crippen LogP contribution >= 0.6 is 0 Å². The van der Waals surface area contributed by atoms with Crippen molar-refractivity contribution < 1.29 is 9.47 Å². The van der Waals surface area contributed by atoms with Gasteiger partial charge in [-0.3, -0.25) is 0 Å². The third-order valence-corrected chi connectivity index (χ3v) is 5.75. The zero-order valence-corrected chi connectivity index (χ0v) is 19.2. The van der Waals surface area contributed by atoms with Crippen molar-refractivity contribution in [1.82, 2.24) is 24.5 Å². The van der Waals surface area contributed by atoms with E-state index in [1.165, 1.54) is 6.20 Å². The number of hydrogen-bond acceptors (Lipinski definition) is 9. The number of aromatic nitrogens is 5. The van der Waals surface area contributed by atoms with Gasteiger partial charge in [0.25, 0.3) is 0 Å². The molecule has 0 saturated carbocycles. The van der Waals surface area contributed by atoms with Gasteiger partial charge in [-0.1, -0.05) is 0 Å². The fourth-order valence-corrected chi connectivity index (χ4v) is 3.92. The molecule has 0 spiro atoms. The maximum atomic E-state index is 9.05. The summed E-state index contributed by atoms with van der Waals surface area (Å²) in [7, 11) is 1.88. The topological polar surface area (TPSA) is 114 Å². The first-order valence-corrected chi connectivity index (χ1v) is 11.0. The number of fused-ring (bicyclic) bond motifs is 1. The van der Waals surface area contributed by atoms with Gasteiger partial charge in [0.15, 0.2) is 11.4 Å². The highest BCUT2D eigenvalue weighted by Crippen LogP contribution is 2.31. The van der Waals surface area contributed by atoms with Crippen molar-refractivity contribution in [1.29, 1.82) is 5.26 Å². The summed E-state index contributed by atoms with van der Waals surface area (Å²) in [6.07, 6.45) is 5.10. The molecule has 0 aliphatic carbocycles. The summed E-state index contributed by atoms with van der Waals surface area (Å²) in [4.78, 5) is 20.1. The van der Waals surface area contributed by atoms with Gasteiger partial charge in [-0.05, 0) is 37.6 Å². The number of nitrogens with zero attached hydrogens (tertiary/aromatic N) is 7. The van der Waals surface area contributed by atoms with Gasteiger partial charge >= 0.3 is 0 Å². The predicted octanol–water partition coefficient (Wildman–Crippen LogP) is 3.70. The Bertz CT molecular complexity index is 1380. The molecule has 1 fully saturated rings. The largest absolute Gasteiger partial charge is 0.437 e. The van der Waals surface area contributed by atoms with E-state index in [1.54, 1.807) is 18.5 Å². The zero-order valence-electron chi connectivity index (χ0n) is 19.2. The van der Waals surface area contributed by atoms with Gasteiger partial charge < -0.3 is 24.3 Å². The van der Waals surface area contributed by atoms with Gasteiger partial charge in [0.1, 0.15) is 23.1 Å². The number of nitrogens with one attached hydrogen (secondary N) is 1. The number of ether oxygens (including phenoxy) is 2. The third-order valence-electron chi connectivity index (χ3n) is 5.75. The van der Waals surface area contributed by atoms with Crippen LogP contribution in [0, 0.1) is 18.3 Å². The van der Waals surface area contributed by atoms with Crippen LogP contribution in [0.1, 0.15) is 18.2 Å². The first-order chi connectivity index (χ1) is 16.5. The second-order valence-corrected chi connectivity index (χ2v) is 8.23. The Morgan fingerprint density at radius 1 is 1.21 bits per heavy atom. The minimum absolute atomic E-state index is 0.308. The molecular formula is C24H24N8O2. The van der Waals surface area contributed by atoms with Gasteiger partial charge in [-0.2, -0.15) is 10.2 Å². The molecule has 0 radical (unpaired) electrons. The van der Waals surface area contributed by atoms with Crippen molar-refractivity contribution in [2.45, 2.75) is 19.9 Å². The first-order valence-electron chi connectivity index (χ1n) is 11.0. The molecular weight excluding hydrogens is 432 g/mol. The fourth-order valence-electron chi connectivity index (χ4n) is 3.92. The van der Waals surface area contributed by atoms with Crippen LogP contribution in [-0.4, -0.2) is 50.3 Å². The SMILES string of the molecule is Cc1cc(C#N)ncc1Oc1cc(Nc2ccc(N3CCOC[C@@H]3C)cn2)c2ncn(C)c2n1. The minimum Gasteiger partial charge on any atom is -0.437 e. The summed E-state index contributed by atoms with van der Waals surface area (Å²) < 4.78 is 13.4. The average Bonchev–Trinajstić information content (AvgIpc) is 3.22. The highest BCUT2D eigenvalue weighted by Gasteiger charge is 2.19. The summed E-state index contributed by atoms with van der Waals surface area (Å²) in [5.41, 5.74) is 4.28. The standard InChI is InChI=1S/C24H24N8O2/c1-15-8-17(10-25)26-12-20(15)34-22-9-19(23-24(30-22)31(3)14-28-23)29-21-5-4-18(11-27-21)32-6-7-33-13-16(32)2/h4-5,8-9,11-12,14,16H,6-7,13H2,1-3H3,(H,27,29,30)/t16-/m0/s1. The molecule has 0 unspecified atom stereocenters. The molecule has 1 N–H and O–H groups in total. The molecule has 5 heterocycles. The van der Waals surface area contributed by atoms with Gasteiger partial charge in [0.05, 0.1) is 43.3 Å². The average molecular weight is 457 g/mol. The Labute approximate surface area is 196 Å². The lowest BCUT2D eigenvalue weighted by Crippen LogP contribution is -2.43. The van der Waals surface area contributed by atoms with Crippen LogP contribution in [0.3, 0.4) is 0 Å². The number of rotatable bonds is 5. The lowest BCUT2D eigenvalue weighted by Gasteiger charge is -2.35. The fraction of sp³-hybridized carbons (Fsp3) is 0.292. The molecule has 34 heavy (non-hydrogen) atoms. The van der Waals surface area contributed by atoms with Crippen molar-refractivity contribution in [3.05, 3.63) is 54.2 Å². The molecule has 0 bridgehead atoms. The van der Waals surface area contributed by atoms with Gasteiger partial charge in [-0.15, -0.1) is 0 Å². The van der Waals surface area contributed by atoms with E-state index in [-0.39, 0.29) is 0 Å². The van der Waals surface area contributed by atoms with E-state index < -0.39 is 0 Å². The Hall–Kier alpha value is -4.23. The normalized spacial score (nSPS) is 15.8. The lowest BCUT2D eigenvalue weighted by atomic mass is 10.2. The molecule has 0 aromatic carbocycles. The lowest BCUT2D eigenvalue weighted by molar-refractivity contribution is 0.0989. The summed E-state index contributed by atoms with van der Waals surface area (Å²) in [5.74, 6) is 1.60. The molecule has 1 saturated heterocycles. The zero-order chi connectivity index (χ0) is 23.7. The van der Waals surface area contributed by atoms with Crippen molar-refractivity contribution >= 4 is 28.4 Å². The van der Waals surface area contributed by atoms with E-state index in [2.05, 4.69) is 43.1 Å². The number of anilines is 3. The minimum atomic E-state index is 0.308.